The number of nitrogens with zero attached hydrogens (tertiary/aromatic N) is 1. The first-order valence-corrected chi connectivity index (χ1v) is 10.7. The number of hydrogen-bond acceptors (Lipinski definition) is 6. The zero-order valence-corrected chi connectivity index (χ0v) is 17.3. The van der Waals surface area contributed by atoms with Gasteiger partial charge in [0.1, 0.15) is 17.6 Å². The van der Waals surface area contributed by atoms with Gasteiger partial charge in [0, 0.05) is 36.3 Å². The molecule has 6 heteroatoms. The Morgan fingerprint density at radius 2 is 2.03 bits per heavy atom. The van der Waals surface area contributed by atoms with Crippen LogP contribution < -0.4 is 14.4 Å². The summed E-state index contributed by atoms with van der Waals surface area (Å²) in [5.41, 5.74) is 5.06. The molecule has 5 rings (SSSR count). The first kappa shape index (κ1) is 19.2. The number of morpholine rings is 1. The molecule has 1 unspecified atom stereocenters. The summed E-state index contributed by atoms with van der Waals surface area (Å²) < 4.78 is 22.5. The molecule has 0 amide bonds. The average Bonchev–Trinajstić information content (AvgIpc) is 3.38. The number of carbonyl (C=O) groups excluding carboxylic acids is 1. The standard InChI is InChI=1S/C24H27NO5/c1-27-24(26)13-16-15-29-23-14-17(5-6-18(16)23)30-22-8-7-19-20(22)3-2-4-21(19)25-9-11-28-12-10-25/h2-6,14,16,22H,7-13,15H2,1H3/t16?,22-/m1/s1. The van der Waals surface area contributed by atoms with Gasteiger partial charge >= 0.3 is 5.97 Å². The number of benzene rings is 2. The van der Waals surface area contributed by atoms with Crippen LogP contribution in [0.5, 0.6) is 11.5 Å². The molecule has 1 saturated heterocycles. The maximum absolute atomic E-state index is 11.6. The lowest BCUT2D eigenvalue weighted by Gasteiger charge is -2.30. The number of esters is 1. The fourth-order valence-electron chi connectivity index (χ4n) is 4.77. The predicted octanol–water partition coefficient (Wildman–Crippen LogP) is 3.63. The fraction of sp³-hybridized carbons (Fsp3) is 0.458. The monoisotopic (exact) mass is 409 g/mol. The van der Waals surface area contributed by atoms with E-state index in [4.69, 9.17) is 18.9 Å². The van der Waals surface area contributed by atoms with E-state index in [0.29, 0.717) is 13.0 Å². The topological polar surface area (TPSA) is 57.2 Å². The normalized spacial score (nSPS) is 22.2. The number of anilines is 1. The summed E-state index contributed by atoms with van der Waals surface area (Å²) in [6.07, 6.45) is 2.38. The van der Waals surface area contributed by atoms with Crippen LogP contribution in [0, 0.1) is 0 Å². The van der Waals surface area contributed by atoms with Crippen molar-refractivity contribution < 1.29 is 23.7 Å². The van der Waals surface area contributed by atoms with Crippen LogP contribution in [0.15, 0.2) is 36.4 Å². The van der Waals surface area contributed by atoms with E-state index in [0.717, 1.165) is 56.2 Å². The van der Waals surface area contributed by atoms with Crippen molar-refractivity contribution in [2.24, 2.45) is 0 Å². The molecular weight excluding hydrogens is 382 g/mol. The number of carbonyl (C=O) groups is 1. The van der Waals surface area contributed by atoms with Gasteiger partial charge in [-0.25, -0.2) is 0 Å². The summed E-state index contributed by atoms with van der Waals surface area (Å²) in [7, 11) is 1.42. The molecule has 0 N–H and O–H groups in total. The van der Waals surface area contributed by atoms with Crippen molar-refractivity contribution in [2.45, 2.75) is 31.3 Å². The van der Waals surface area contributed by atoms with E-state index in [1.807, 2.05) is 18.2 Å². The second-order valence-corrected chi connectivity index (χ2v) is 8.08. The lowest BCUT2D eigenvalue weighted by atomic mass is 9.98. The van der Waals surface area contributed by atoms with Gasteiger partial charge in [-0.05, 0) is 36.1 Å². The van der Waals surface area contributed by atoms with Crippen LogP contribution in [-0.2, 0) is 20.7 Å². The lowest BCUT2D eigenvalue weighted by molar-refractivity contribution is -0.141. The van der Waals surface area contributed by atoms with Crippen molar-refractivity contribution in [1.82, 2.24) is 0 Å². The zero-order chi connectivity index (χ0) is 20.5. The van der Waals surface area contributed by atoms with Crippen LogP contribution in [0.25, 0.3) is 0 Å². The van der Waals surface area contributed by atoms with Crippen molar-refractivity contribution in [2.75, 3.05) is 44.9 Å². The molecule has 1 aliphatic carbocycles. The highest BCUT2D eigenvalue weighted by atomic mass is 16.5. The highest BCUT2D eigenvalue weighted by Crippen LogP contribution is 2.43. The van der Waals surface area contributed by atoms with E-state index in [9.17, 15) is 4.79 Å². The third kappa shape index (κ3) is 3.60. The molecule has 0 aromatic heterocycles. The highest BCUT2D eigenvalue weighted by molar-refractivity contribution is 5.71. The van der Waals surface area contributed by atoms with Gasteiger partial charge in [0.05, 0.1) is 33.4 Å². The molecule has 2 atom stereocenters. The van der Waals surface area contributed by atoms with E-state index in [1.54, 1.807) is 0 Å². The zero-order valence-electron chi connectivity index (χ0n) is 17.3. The molecule has 2 aromatic carbocycles. The lowest BCUT2D eigenvalue weighted by Crippen LogP contribution is -2.36. The number of methoxy groups -OCH3 is 1. The number of ether oxygens (including phenoxy) is 4. The molecule has 2 aliphatic heterocycles. The Morgan fingerprint density at radius 1 is 1.17 bits per heavy atom. The minimum atomic E-state index is -0.213. The van der Waals surface area contributed by atoms with E-state index >= 15 is 0 Å². The number of hydrogen-bond donors (Lipinski definition) is 0. The van der Waals surface area contributed by atoms with Crippen molar-refractivity contribution in [3.63, 3.8) is 0 Å². The summed E-state index contributed by atoms with van der Waals surface area (Å²) in [4.78, 5) is 14.0. The van der Waals surface area contributed by atoms with Gasteiger partial charge in [-0.1, -0.05) is 18.2 Å². The maximum Gasteiger partial charge on any atom is 0.306 e. The summed E-state index contributed by atoms with van der Waals surface area (Å²) in [5, 5.41) is 0. The minimum Gasteiger partial charge on any atom is -0.492 e. The van der Waals surface area contributed by atoms with Crippen LogP contribution in [0.2, 0.25) is 0 Å². The second kappa shape index (κ2) is 8.19. The van der Waals surface area contributed by atoms with Crippen LogP contribution in [0.1, 0.15) is 41.6 Å². The average molecular weight is 409 g/mol. The molecule has 0 radical (unpaired) electrons. The third-order valence-electron chi connectivity index (χ3n) is 6.33. The van der Waals surface area contributed by atoms with E-state index in [1.165, 1.54) is 23.9 Å². The van der Waals surface area contributed by atoms with E-state index < -0.39 is 0 Å². The molecular formula is C24H27NO5. The summed E-state index contributed by atoms with van der Waals surface area (Å²) in [6.45, 7) is 3.96. The van der Waals surface area contributed by atoms with Gasteiger partial charge in [-0.15, -0.1) is 0 Å². The van der Waals surface area contributed by atoms with Crippen molar-refractivity contribution in [1.29, 1.82) is 0 Å². The van der Waals surface area contributed by atoms with Crippen LogP contribution >= 0.6 is 0 Å². The Hall–Kier alpha value is -2.73. The molecule has 158 valence electrons. The van der Waals surface area contributed by atoms with Crippen molar-refractivity contribution in [3.05, 3.63) is 53.1 Å². The molecule has 6 nitrogen and oxygen atoms in total. The number of rotatable bonds is 5. The van der Waals surface area contributed by atoms with Crippen LogP contribution in [0.3, 0.4) is 0 Å². The Balaban J connectivity index is 1.32. The summed E-state index contributed by atoms with van der Waals surface area (Å²) >= 11 is 0. The van der Waals surface area contributed by atoms with Crippen molar-refractivity contribution in [3.8, 4) is 11.5 Å². The summed E-state index contributed by atoms with van der Waals surface area (Å²) in [5.74, 6) is 1.45. The molecule has 3 aliphatic rings. The SMILES string of the molecule is COC(=O)CC1COc2cc(O[C@@H]3CCc4c3cccc4N3CCOCC3)ccc21. The van der Waals surface area contributed by atoms with Gasteiger partial charge in [0.2, 0.25) is 0 Å². The fourth-order valence-corrected chi connectivity index (χ4v) is 4.77. The molecule has 30 heavy (non-hydrogen) atoms. The third-order valence-corrected chi connectivity index (χ3v) is 6.33. The second-order valence-electron chi connectivity index (χ2n) is 8.08. The van der Waals surface area contributed by atoms with Crippen LogP contribution in [-0.4, -0.2) is 46.0 Å². The van der Waals surface area contributed by atoms with Crippen LogP contribution in [0.4, 0.5) is 5.69 Å². The number of fused-ring (bicyclic) bond motifs is 2. The molecule has 0 bridgehead atoms. The minimum absolute atomic E-state index is 0.0461. The largest absolute Gasteiger partial charge is 0.492 e. The molecule has 2 aromatic rings. The van der Waals surface area contributed by atoms with Gasteiger partial charge in [0.25, 0.3) is 0 Å². The van der Waals surface area contributed by atoms with Gasteiger partial charge in [-0.2, -0.15) is 0 Å². The Labute approximate surface area is 176 Å². The maximum atomic E-state index is 11.6. The van der Waals surface area contributed by atoms with E-state index in [-0.39, 0.29) is 18.0 Å². The van der Waals surface area contributed by atoms with Gasteiger partial charge in [0.15, 0.2) is 0 Å². The Morgan fingerprint density at radius 3 is 2.87 bits per heavy atom. The molecule has 0 saturated carbocycles. The first-order valence-electron chi connectivity index (χ1n) is 10.7. The smallest absolute Gasteiger partial charge is 0.306 e. The van der Waals surface area contributed by atoms with Gasteiger partial charge in [-0.3, -0.25) is 4.79 Å². The van der Waals surface area contributed by atoms with Crippen molar-refractivity contribution >= 4 is 11.7 Å². The molecule has 1 fully saturated rings. The Bertz CT molecular complexity index is 937. The highest BCUT2D eigenvalue weighted by Gasteiger charge is 2.30. The molecule has 2 heterocycles. The summed E-state index contributed by atoms with van der Waals surface area (Å²) in [6, 6.07) is 12.5. The predicted molar refractivity (Wildman–Crippen MR) is 112 cm³/mol. The Kier molecular flexibility index (Phi) is 5.25. The molecule has 0 spiro atoms. The van der Waals surface area contributed by atoms with E-state index in [2.05, 4.69) is 23.1 Å². The first-order chi connectivity index (χ1) is 14.7. The quantitative estimate of drug-likeness (QED) is 0.703. The van der Waals surface area contributed by atoms with Gasteiger partial charge < -0.3 is 23.8 Å².